The summed E-state index contributed by atoms with van der Waals surface area (Å²) in [5.74, 6) is -0.937. The lowest BCUT2D eigenvalue weighted by molar-refractivity contribution is 0.0324. The molecule has 1 aromatic heterocycles. The maximum atomic E-state index is 13.2. The predicted octanol–water partition coefficient (Wildman–Crippen LogP) is 2.89. The second-order valence-electron chi connectivity index (χ2n) is 8.33. The number of carboxylic acid groups (broad SMARTS) is 1. The lowest BCUT2D eigenvalue weighted by atomic mass is 10.00. The van der Waals surface area contributed by atoms with E-state index in [9.17, 15) is 19.8 Å². The molecule has 3 rings (SSSR count). The minimum Gasteiger partial charge on any atom is -0.478 e. The van der Waals surface area contributed by atoms with Gasteiger partial charge in [-0.3, -0.25) is 9.69 Å². The van der Waals surface area contributed by atoms with Crippen molar-refractivity contribution in [3.05, 3.63) is 57.7 Å². The number of carbonyl (C=O) groups excluding carboxylic acids is 1. The van der Waals surface area contributed by atoms with E-state index < -0.39 is 5.97 Å². The highest BCUT2D eigenvalue weighted by atomic mass is 79.9. The number of hydrogen-bond donors (Lipinski definition) is 2. The molecule has 32 heavy (non-hydrogen) atoms. The van der Waals surface area contributed by atoms with Gasteiger partial charge in [0.15, 0.2) is 0 Å². The first-order valence-corrected chi connectivity index (χ1v) is 11.2. The zero-order valence-corrected chi connectivity index (χ0v) is 19.9. The van der Waals surface area contributed by atoms with Gasteiger partial charge < -0.3 is 19.8 Å². The van der Waals surface area contributed by atoms with Crippen LogP contribution in [0.25, 0.3) is 0 Å². The number of carboxylic acids is 1. The van der Waals surface area contributed by atoms with Crippen LogP contribution in [0.3, 0.4) is 0 Å². The molecule has 1 aliphatic rings. The number of benzene rings is 1. The molecule has 0 spiro atoms. The summed E-state index contributed by atoms with van der Waals surface area (Å²) >= 11 is 3.37. The van der Waals surface area contributed by atoms with Gasteiger partial charge >= 0.3 is 5.97 Å². The Kier molecular flexibility index (Phi) is 7.86. The molecule has 0 radical (unpaired) electrons. The number of fused-ring (bicyclic) bond motifs is 1. The molecule has 1 amide bonds. The van der Waals surface area contributed by atoms with Gasteiger partial charge in [-0.05, 0) is 53.7 Å². The highest BCUT2D eigenvalue weighted by Gasteiger charge is 2.34. The fourth-order valence-corrected chi connectivity index (χ4v) is 4.11. The molecule has 0 saturated carbocycles. The Hall–Kier alpha value is -2.49. The number of hydrogen-bond acceptors (Lipinski definition) is 6. The summed E-state index contributed by atoms with van der Waals surface area (Å²) in [5.41, 5.74) is 1.50. The van der Waals surface area contributed by atoms with Crippen molar-refractivity contribution in [1.29, 1.82) is 0 Å². The number of aromatic carboxylic acids is 1. The van der Waals surface area contributed by atoms with Gasteiger partial charge in [0, 0.05) is 36.2 Å². The molecule has 2 heterocycles. The molecule has 0 bridgehead atoms. The van der Waals surface area contributed by atoms with Crippen LogP contribution in [-0.4, -0.2) is 75.8 Å². The standard InChI is InChI=1S/C23H28BrN3O5/c1-14-10-27(15(2)13-28)22(29)19-8-18(24)9-25-21(19)32-20(14)12-26(3)11-16-5-4-6-17(7-16)23(30)31/h4-9,14-15,20,28H,10-13H2,1-3H3,(H,30,31)/t14-,15-,20+/m0/s1. The van der Waals surface area contributed by atoms with Gasteiger partial charge in [-0.1, -0.05) is 19.1 Å². The van der Waals surface area contributed by atoms with E-state index in [0.717, 1.165) is 5.56 Å². The molecule has 3 atom stereocenters. The van der Waals surface area contributed by atoms with Crippen LogP contribution in [0.5, 0.6) is 5.88 Å². The van der Waals surface area contributed by atoms with Crippen LogP contribution in [0.1, 0.15) is 40.1 Å². The summed E-state index contributed by atoms with van der Waals surface area (Å²) in [7, 11) is 1.94. The van der Waals surface area contributed by atoms with E-state index in [2.05, 4.69) is 25.8 Å². The molecular formula is C23H28BrN3O5. The van der Waals surface area contributed by atoms with E-state index in [0.29, 0.717) is 29.7 Å². The van der Waals surface area contributed by atoms with E-state index in [1.54, 1.807) is 35.4 Å². The third-order valence-corrected chi connectivity index (χ3v) is 6.04. The van der Waals surface area contributed by atoms with Gasteiger partial charge in [-0.2, -0.15) is 0 Å². The van der Waals surface area contributed by atoms with Gasteiger partial charge in [-0.25, -0.2) is 9.78 Å². The smallest absolute Gasteiger partial charge is 0.335 e. The summed E-state index contributed by atoms with van der Waals surface area (Å²) in [6.45, 7) is 5.21. The molecule has 0 fully saturated rings. The summed E-state index contributed by atoms with van der Waals surface area (Å²) < 4.78 is 6.90. The number of carbonyl (C=O) groups is 2. The van der Waals surface area contributed by atoms with Crippen molar-refractivity contribution in [2.75, 3.05) is 26.7 Å². The first-order chi connectivity index (χ1) is 15.2. The fourth-order valence-electron chi connectivity index (χ4n) is 3.78. The first kappa shape index (κ1) is 24.2. The number of aliphatic hydroxyl groups excluding tert-OH is 1. The van der Waals surface area contributed by atoms with Gasteiger partial charge in [0.05, 0.1) is 18.2 Å². The number of amides is 1. The fraction of sp³-hybridized carbons (Fsp3) is 0.435. The molecule has 172 valence electrons. The Morgan fingerprint density at radius 3 is 2.84 bits per heavy atom. The van der Waals surface area contributed by atoms with Crippen molar-refractivity contribution < 1.29 is 24.5 Å². The van der Waals surface area contributed by atoms with Gasteiger partial charge in [0.2, 0.25) is 5.88 Å². The van der Waals surface area contributed by atoms with Crippen LogP contribution in [0.2, 0.25) is 0 Å². The number of nitrogens with zero attached hydrogens (tertiary/aromatic N) is 3. The average Bonchev–Trinajstić information content (AvgIpc) is 2.76. The summed E-state index contributed by atoms with van der Waals surface area (Å²) in [5, 5.41) is 18.9. The second-order valence-corrected chi connectivity index (χ2v) is 9.25. The molecule has 1 aromatic carbocycles. The molecular weight excluding hydrogens is 478 g/mol. The quantitative estimate of drug-likeness (QED) is 0.596. The van der Waals surface area contributed by atoms with E-state index >= 15 is 0 Å². The second kappa shape index (κ2) is 10.4. The molecule has 0 saturated heterocycles. The molecule has 0 unspecified atom stereocenters. The number of aliphatic hydroxyl groups is 1. The number of aromatic nitrogens is 1. The third-order valence-electron chi connectivity index (χ3n) is 5.61. The Bertz CT molecular complexity index is 986. The van der Waals surface area contributed by atoms with Crippen molar-refractivity contribution in [3.8, 4) is 5.88 Å². The van der Waals surface area contributed by atoms with Crippen LogP contribution >= 0.6 is 15.9 Å². The molecule has 9 heteroatoms. The average molecular weight is 506 g/mol. The lowest BCUT2D eigenvalue weighted by Crippen LogP contribution is -2.49. The molecule has 8 nitrogen and oxygen atoms in total. The Morgan fingerprint density at radius 1 is 1.41 bits per heavy atom. The number of rotatable bonds is 7. The van der Waals surface area contributed by atoms with E-state index in [1.165, 1.54) is 0 Å². The van der Waals surface area contributed by atoms with E-state index in [4.69, 9.17) is 4.74 Å². The number of halogens is 1. The zero-order valence-electron chi connectivity index (χ0n) is 18.4. The Labute approximate surface area is 195 Å². The lowest BCUT2D eigenvalue weighted by Gasteiger charge is -2.37. The molecule has 0 aliphatic carbocycles. The molecule has 2 aromatic rings. The van der Waals surface area contributed by atoms with Crippen molar-refractivity contribution in [2.45, 2.75) is 32.5 Å². The Balaban J connectivity index is 1.83. The van der Waals surface area contributed by atoms with Crippen molar-refractivity contribution >= 4 is 27.8 Å². The highest BCUT2D eigenvalue weighted by molar-refractivity contribution is 9.10. The van der Waals surface area contributed by atoms with Crippen LogP contribution < -0.4 is 4.74 Å². The minimum absolute atomic E-state index is 0.0284. The first-order valence-electron chi connectivity index (χ1n) is 10.4. The maximum absolute atomic E-state index is 13.2. The van der Waals surface area contributed by atoms with E-state index in [1.807, 2.05) is 27.0 Å². The van der Waals surface area contributed by atoms with Crippen molar-refractivity contribution in [3.63, 3.8) is 0 Å². The van der Waals surface area contributed by atoms with Crippen LogP contribution in [-0.2, 0) is 6.54 Å². The normalized spacial score (nSPS) is 19.7. The topological polar surface area (TPSA) is 103 Å². The van der Waals surface area contributed by atoms with Gasteiger partial charge in [0.25, 0.3) is 5.91 Å². The number of pyridine rings is 1. The van der Waals surface area contributed by atoms with E-state index in [-0.39, 0.29) is 42.0 Å². The zero-order chi connectivity index (χ0) is 23.4. The van der Waals surface area contributed by atoms with Crippen molar-refractivity contribution in [1.82, 2.24) is 14.8 Å². The monoisotopic (exact) mass is 505 g/mol. The van der Waals surface area contributed by atoms with Crippen LogP contribution in [0.15, 0.2) is 41.0 Å². The highest BCUT2D eigenvalue weighted by Crippen LogP contribution is 2.28. The third kappa shape index (κ3) is 5.65. The van der Waals surface area contributed by atoms with Crippen LogP contribution in [0.4, 0.5) is 0 Å². The minimum atomic E-state index is -0.955. The number of likely N-dealkylation sites (N-methyl/N-ethyl adjacent to an activating group) is 1. The van der Waals surface area contributed by atoms with Gasteiger partial charge in [0.1, 0.15) is 11.7 Å². The SMILES string of the molecule is C[C@H]1CN([C@@H](C)CO)C(=O)c2cc(Br)cnc2O[C@@H]1CN(C)Cc1cccc(C(=O)O)c1. The summed E-state index contributed by atoms with van der Waals surface area (Å²) in [4.78, 5) is 32.5. The number of ether oxygens (including phenoxy) is 1. The molecule has 2 N–H and O–H groups in total. The Morgan fingerprint density at radius 2 is 2.16 bits per heavy atom. The molecule has 1 aliphatic heterocycles. The van der Waals surface area contributed by atoms with Gasteiger partial charge in [-0.15, -0.1) is 0 Å². The predicted molar refractivity (Wildman–Crippen MR) is 123 cm³/mol. The van der Waals surface area contributed by atoms with Crippen LogP contribution in [0, 0.1) is 5.92 Å². The maximum Gasteiger partial charge on any atom is 0.335 e. The largest absolute Gasteiger partial charge is 0.478 e. The summed E-state index contributed by atoms with van der Waals surface area (Å²) in [6, 6.07) is 8.21. The summed E-state index contributed by atoms with van der Waals surface area (Å²) in [6.07, 6.45) is 1.33. The van der Waals surface area contributed by atoms with Crippen molar-refractivity contribution in [2.24, 2.45) is 5.92 Å².